The van der Waals surface area contributed by atoms with Crippen molar-refractivity contribution >= 4 is 27.0 Å². The predicted octanol–water partition coefficient (Wildman–Crippen LogP) is 5.18. The monoisotopic (exact) mass is 463 g/mol. The van der Waals surface area contributed by atoms with Crippen LogP contribution in [0, 0.1) is 13.8 Å². The summed E-state index contributed by atoms with van der Waals surface area (Å²) in [6.07, 6.45) is 0.572. The molecular formula is C26H25NO5S. The molecule has 1 N–H and O–H groups in total. The van der Waals surface area contributed by atoms with E-state index in [0.29, 0.717) is 29.5 Å². The van der Waals surface area contributed by atoms with E-state index in [1.165, 1.54) is 22.5 Å². The van der Waals surface area contributed by atoms with Crippen LogP contribution in [-0.4, -0.2) is 30.3 Å². The molecule has 0 saturated heterocycles. The summed E-state index contributed by atoms with van der Waals surface area (Å²) in [7, 11) is -3.86. The first kappa shape index (κ1) is 22.8. The summed E-state index contributed by atoms with van der Waals surface area (Å²) in [5, 5.41) is 9.81. The molecule has 0 aliphatic heterocycles. The maximum Gasteiger partial charge on any atom is 0.372 e. The number of aryl methyl sites for hydroxylation is 2. The van der Waals surface area contributed by atoms with Crippen molar-refractivity contribution < 1.29 is 22.7 Å². The maximum atomic E-state index is 13.7. The van der Waals surface area contributed by atoms with Crippen molar-refractivity contribution in [3.8, 4) is 0 Å². The molecule has 0 saturated carbocycles. The fourth-order valence-electron chi connectivity index (χ4n) is 3.87. The molecule has 0 radical (unpaired) electrons. The van der Waals surface area contributed by atoms with Crippen molar-refractivity contribution in [3.05, 3.63) is 101 Å². The van der Waals surface area contributed by atoms with Crippen LogP contribution in [0.15, 0.2) is 82.1 Å². The molecule has 0 bridgehead atoms. The molecule has 0 aliphatic carbocycles. The zero-order valence-electron chi connectivity index (χ0n) is 18.5. The number of fused-ring (bicyclic) bond motifs is 1. The van der Waals surface area contributed by atoms with Crippen LogP contribution < -0.4 is 0 Å². The fourth-order valence-corrected chi connectivity index (χ4v) is 5.32. The summed E-state index contributed by atoms with van der Waals surface area (Å²) in [6.45, 7) is 4.13. The van der Waals surface area contributed by atoms with E-state index in [1.54, 1.807) is 6.92 Å². The number of furan rings is 1. The molecule has 1 heterocycles. The summed E-state index contributed by atoms with van der Waals surface area (Å²) in [5.41, 5.74) is 3.75. The molecule has 0 spiro atoms. The highest BCUT2D eigenvalue weighted by Crippen LogP contribution is 2.29. The van der Waals surface area contributed by atoms with Crippen molar-refractivity contribution in [1.82, 2.24) is 4.31 Å². The standard InChI is InChI=1S/C26H25NO5S/c1-18-8-6-7-11-21(18)17-27(15-14-20-9-4-3-5-10-20)33(30,31)22-12-13-24-23(16-22)19(2)25(32-24)26(28)29/h3-13,16H,14-15,17H2,1-2H3,(H,28,29). The van der Waals surface area contributed by atoms with Crippen LogP contribution in [-0.2, 0) is 23.0 Å². The van der Waals surface area contributed by atoms with Gasteiger partial charge in [0.05, 0.1) is 4.90 Å². The average molecular weight is 464 g/mol. The van der Waals surface area contributed by atoms with Crippen LogP contribution in [0.4, 0.5) is 0 Å². The number of nitrogens with zero attached hydrogens (tertiary/aromatic N) is 1. The zero-order chi connectivity index (χ0) is 23.6. The summed E-state index contributed by atoms with van der Waals surface area (Å²) < 4.78 is 34.4. The molecular weight excluding hydrogens is 438 g/mol. The van der Waals surface area contributed by atoms with Crippen molar-refractivity contribution in [2.45, 2.75) is 31.7 Å². The smallest absolute Gasteiger partial charge is 0.372 e. The molecule has 170 valence electrons. The lowest BCUT2D eigenvalue weighted by molar-refractivity contribution is 0.0664. The summed E-state index contributed by atoms with van der Waals surface area (Å²) in [4.78, 5) is 11.5. The lowest BCUT2D eigenvalue weighted by Crippen LogP contribution is -2.32. The summed E-state index contributed by atoms with van der Waals surface area (Å²) >= 11 is 0. The molecule has 4 rings (SSSR count). The van der Waals surface area contributed by atoms with Crippen LogP contribution >= 0.6 is 0 Å². The Bertz CT molecular complexity index is 1410. The number of hydrogen-bond donors (Lipinski definition) is 1. The third kappa shape index (κ3) is 4.69. The van der Waals surface area contributed by atoms with E-state index in [9.17, 15) is 18.3 Å². The van der Waals surface area contributed by atoms with Gasteiger partial charge in [-0.15, -0.1) is 0 Å². The Hall–Kier alpha value is -3.42. The van der Waals surface area contributed by atoms with E-state index in [0.717, 1.165) is 16.7 Å². The summed E-state index contributed by atoms with van der Waals surface area (Å²) in [6, 6.07) is 22.0. The topological polar surface area (TPSA) is 87.8 Å². The van der Waals surface area contributed by atoms with E-state index < -0.39 is 16.0 Å². The van der Waals surface area contributed by atoms with Gasteiger partial charge in [-0.05, 0) is 55.2 Å². The second-order valence-electron chi connectivity index (χ2n) is 8.02. The minimum Gasteiger partial charge on any atom is -0.475 e. The fraction of sp³-hybridized carbons (Fsp3) is 0.192. The Balaban J connectivity index is 1.73. The predicted molar refractivity (Wildman–Crippen MR) is 127 cm³/mol. The highest BCUT2D eigenvalue weighted by Gasteiger charge is 2.27. The lowest BCUT2D eigenvalue weighted by Gasteiger charge is -2.23. The number of carbonyl (C=O) groups is 1. The van der Waals surface area contributed by atoms with Gasteiger partial charge in [0.2, 0.25) is 15.8 Å². The van der Waals surface area contributed by atoms with E-state index >= 15 is 0 Å². The molecule has 7 heteroatoms. The number of benzene rings is 3. The van der Waals surface area contributed by atoms with Gasteiger partial charge in [0.25, 0.3) is 0 Å². The highest BCUT2D eigenvalue weighted by atomic mass is 32.2. The highest BCUT2D eigenvalue weighted by molar-refractivity contribution is 7.89. The normalized spacial score (nSPS) is 11.8. The quantitative estimate of drug-likeness (QED) is 0.389. The van der Waals surface area contributed by atoms with E-state index in [4.69, 9.17) is 4.42 Å². The molecule has 1 aromatic heterocycles. The second kappa shape index (κ2) is 9.21. The third-order valence-electron chi connectivity index (χ3n) is 5.84. The molecule has 3 aromatic carbocycles. The Morgan fingerprint density at radius 1 is 0.970 bits per heavy atom. The Morgan fingerprint density at radius 2 is 1.67 bits per heavy atom. The Kier molecular flexibility index (Phi) is 6.35. The summed E-state index contributed by atoms with van der Waals surface area (Å²) in [5.74, 6) is -1.36. The molecule has 0 amide bonds. The third-order valence-corrected chi connectivity index (χ3v) is 7.68. The molecule has 4 aromatic rings. The van der Waals surface area contributed by atoms with Crippen LogP contribution in [0.25, 0.3) is 11.0 Å². The molecule has 0 atom stereocenters. The number of hydrogen-bond acceptors (Lipinski definition) is 4. The Morgan fingerprint density at radius 3 is 2.36 bits per heavy atom. The Labute approximate surface area is 193 Å². The number of sulfonamides is 1. The van der Waals surface area contributed by atoms with Gasteiger partial charge in [-0.1, -0.05) is 54.6 Å². The van der Waals surface area contributed by atoms with E-state index in [1.807, 2.05) is 61.5 Å². The first-order valence-corrected chi connectivity index (χ1v) is 12.1. The number of rotatable bonds is 8. The van der Waals surface area contributed by atoms with Crippen LogP contribution in [0.5, 0.6) is 0 Å². The van der Waals surface area contributed by atoms with E-state index in [-0.39, 0.29) is 17.2 Å². The van der Waals surface area contributed by atoms with Crippen LogP contribution in [0.2, 0.25) is 0 Å². The van der Waals surface area contributed by atoms with Gasteiger partial charge in [-0.2, -0.15) is 4.31 Å². The van der Waals surface area contributed by atoms with Gasteiger partial charge in [0.15, 0.2) is 0 Å². The molecule has 6 nitrogen and oxygen atoms in total. The van der Waals surface area contributed by atoms with Crippen molar-refractivity contribution in [2.24, 2.45) is 0 Å². The molecule has 0 aliphatic rings. The van der Waals surface area contributed by atoms with Crippen LogP contribution in [0.3, 0.4) is 0 Å². The van der Waals surface area contributed by atoms with Crippen molar-refractivity contribution in [2.75, 3.05) is 6.54 Å². The first-order chi connectivity index (χ1) is 15.8. The first-order valence-electron chi connectivity index (χ1n) is 10.6. The number of carboxylic acids is 1. The van der Waals surface area contributed by atoms with Crippen molar-refractivity contribution in [3.63, 3.8) is 0 Å². The van der Waals surface area contributed by atoms with Gasteiger partial charge in [-0.3, -0.25) is 0 Å². The molecule has 0 unspecified atom stereocenters. The minimum absolute atomic E-state index is 0.109. The van der Waals surface area contributed by atoms with E-state index in [2.05, 4.69) is 0 Å². The van der Waals surface area contributed by atoms with Gasteiger partial charge in [0.1, 0.15) is 5.58 Å². The molecule has 33 heavy (non-hydrogen) atoms. The van der Waals surface area contributed by atoms with Gasteiger partial charge < -0.3 is 9.52 Å². The van der Waals surface area contributed by atoms with Gasteiger partial charge in [0, 0.05) is 24.0 Å². The van der Waals surface area contributed by atoms with Gasteiger partial charge >= 0.3 is 5.97 Å². The van der Waals surface area contributed by atoms with Crippen LogP contribution in [0.1, 0.15) is 32.8 Å². The van der Waals surface area contributed by atoms with Gasteiger partial charge in [-0.25, -0.2) is 13.2 Å². The maximum absolute atomic E-state index is 13.7. The number of aromatic carboxylic acids is 1. The SMILES string of the molecule is Cc1ccccc1CN(CCc1ccccc1)S(=O)(=O)c1ccc2oc(C(=O)O)c(C)c2c1. The zero-order valence-corrected chi connectivity index (χ0v) is 19.3. The second-order valence-corrected chi connectivity index (χ2v) is 9.96. The minimum atomic E-state index is -3.86. The van der Waals surface area contributed by atoms with Crippen molar-refractivity contribution in [1.29, 1.82) is 0 Å². The molecule has 0 fully saturated rings. The lowest BCUT2D eigenvalue weighted by atomic mass is 10.1. The average Bonchev–Trinajstić information content (AvgIpc) is 3.14. The largest absolute Gasteiger partial charge is 0.475 e. The number of carboxylic acid groups (broad SMARTS) is 1.